The summed E-state index contributed by atoms with van der Waals surface area (Å²) in [7, 11) is 0. The molecule has 3 rings (SSSR count). The van der Waals surface area contributed by atoms with Gasteiger partial charge in [-0.25, -0.2) is 0 Å². The molecule has 0 aliphatic carbocycles. The number of aryl methyl sites for hydroxylation is 2. The van der Waals surface area contributed by atoms with E-state index >= 15 is 0 Å². The van der Waals surface area contributed by atoms with Crippen LogP contribution in [0.5, 0.6) is 5.75 Å². The van der Waals surface area contributed by atoms with Crippen LogP contribution in [0.2, 0.25) is 0 Å². The molecule has 3 heterocycles. The smallest absolute Gasteiger partial charge is 0.140 e. The van der Waals surface area contributed by atoms with E-state index in [1.807, 2.05) is 22.7 Å². The average molecular weight is 363 g/mol. The number of rotatable bonds is 6. The zero-order valence-corrected chi connectivity index (χ0v) is 17.5. The Kier molecular flexibility index (Phi) is 5.13. The lowest BCUT2D eigenvalue weighted by Crippen LogP contribution is -2.36. The van der Waals surface area contributed by atoms with E-state index in [0.717, 1.165) is 18.6 Å². The highest BCUT2D eigenvalue weighted by Gasteiger charge is 2.42. The second-order valence-corrected chi connectivity index (χ2v) is 10.6. The molecular formula is C21H30OS2. The SMILES string of the molecule is Cc1cc2c(s1)-c1sc(C)cc1C(CCC(C)C)(CCC(C)C)O2. The van der Waals surface area contributed by atoms with Crippen molar-refractivity contribution in [3.63, 3.8) is 0 Å². The first-order valence-electron chi connectivity index (χ1n) is 9.21. The van der Waals surface area contributed by atoms with Crippen LogP contribution < -0.4 is 4.74 Å². The molecule has 0 fully saturated rings. The molecule has 0 saturated heterocycles. The van der Waals surface area contributed by atoms with Gasteiger partial charge in [0.15, 0.2) is 0 Å². The van der Waals surface area contributed by atoms with E-state index in [4.69, 9.17) is 4.74 Å². The van der Waals surface area contributed by atoms with Crippen molar-refractivity contribution in [2.24, 2.45) is 11.8 Å². The third kappa shape index (κ3) is 3.43. The maximum atomic E-state index is 6.80. The molecule has 0 spiro atoms. The molecule has 24 heavy (non-hydrogen) atoms. The molecule has 0 atom stereocenters. The summed E-state index contributed by atoms with van der Waals surface area (Å²) < 4.78 is 6.80. The van der Waals surface area contributed by atoms with Crippen LogP contribution >= 0.6 is 22.7 Å². The van der Waals surface area contributed by atoms with E-state index < -0.39 is 0 Å². The summed E-state index contributed by atoms with van der Waals surface area (Å²) in [4.78, 5) is 5.58. The van der Waals surface area contributed by atoms with Gasteiger partial charge in [0.05, 0.1) is 9.75 Å². The van der Waals surface area contributed by atoms with Crippen LogP contribution in [0.15, 0.2) is 12.1 Å². The van der Waals surface area contributed by atoms with Crippen molar-refractivity contribution < 1.29 is 4.74 Å². The normalized spacial score (nSPS) is 15.5. The highest BCUT2D eigenvalue weighted by atomic mass is 32.1. The molecular weight excluding hydrogens is 332 g/mol. The maximum Gasteiger partial charge on any atom is 0.140 e. The van der Waals surface area contributed by atoms with Crippen molar-refractivity contribution in [2.75, 3.05) is 0 Å². The molecule has 0 radical (unpaired) electrons. The van der Waals surface area contributed by atoms with Gasteiger partial charge in [-0.1, -0.05) is 27.7 Å². The number of hydrogen-bond donors (Lipinski definition) is 0. The Labute approximate surface area is 155 Å². The maximum absolute atomic E-state index is 6.80. The van der Waals surface area contributed by atoms with Crippen molar-refractivity contribution in [1.29, 1.82) is 0 Å². The van der Waals surface area contributed by atoms with Crippen LogP contribution in [0.4, 0.5) is 0 Å². The minimum atomic E-state index is -0.130. The highest BCUT2D eigenvalue weighted by molar-refractivity contribution is 7.22. The first kappa shape index (κ1) is 18.0. The lowest BCUT2D eigenvalue weighted by molar-refractivity contribution is 0.0344. The number of fused-ring (bicyclic) bond motifs is 3. The van der Waals surface area contributed by atoms with Crippen molar-refractivity contribution in [1.82, 2.24) is 0 Å². The van der Waals surface area contributed by atoms with E-state index in [1.165, 1.54) is 37.9 Å². The molecule has 0 saturated carbocycles. The Morgan fingerprint density at radius 3 is 2.00 bits per heavy atom. The molecule has 3 heteroatoms. The van der Waals surface area contributed by atoms with Crippen molar-refractivity contribution in [3.05, 3.63) is 27.5 Å². The van der Waals surface area contributed by atoms with Gasteiger partial charge in [-0.05, 0) is 63.5 Å². The quantitative estimate of drug-likeness (QED) is 0.515. The summed E-state index contributed by atoms with van der Waals surface area (Å²) in [5.41, 5.74) is 1.33. The third-order valence-electron chi connectivity index (χ3n) is 4.93. The Balaban J connectivity index is 2.07. The molecule has 0 aromatic carbocycles. The second kappa shape index (κ2) is 6.84. The fourth-order valence-corrected chi connectivity index (χ4v) is 5.74. The van der Waals surface area contributed by atoms with Gasteiger partial charge < -0.3 is 4.74 Å². The van der Waals surface area contributed by atoms with E-state index in [1.54, 1.807) is 0 Å². The van der Waals surface area contributed by atoms with Gasteiger partial charge in [0.1, 0.15) is 11.4 Å². The van der Waals surface area contributed by atoms with Crippen LogP contribution in [0.1, 0.15) is 68.7 Å². The third-order valence-corrected chi connectivity index (χ3v) is 7.18. The molecule has 0 bridgehead atoms. The lowest BCUT2D eigenvalue weighted by atomic mass is 9.80. The van der Waals surface area contributed by atoms with Gasteiger partial charge in [0.2, 0.25) is 0 Å². The number of thiophene rings is 2. The molecule has 0 amide bonds. The molecule has 0 unspecified atom stereocenters. The van der Waals surface area contributed by atoms with Gasteiger partial charge in [-0.2, -0.15) is 0 Å². The fourth-order valence-electron chi connectivity index (χ4n) is 3.55. The molecule has 0 N–H and O–H groups in total. The van der Waals surface area contributed by atoms with Crippen LogP contribution in [-0.4, -0.2) is 0 Å². The molecule has 2 aromatic rings. The summed E-state index contributed by atoms with van der Waals surface area (Å²) in [6.45, 7) is 13.7. The summed E-state index contributed by atoms with van der Waals surface area (Å²) in [6.07, 6.45) is 4.67. The van der Waals surface area contributed by atoms with E-state index in [2.05, 4.69) is 53.7 Å². The van der Waals surface area contributed by atoms with E-state index in [-0.39, 0.29) is 5.60 Å². The zero-order chi connectivity index (χ0) is 17.5. The summed E-state index contributed by atoms with van der Waals surface area (Å²) in [6, 6.07) is 4.65. The highest BCUT2D eigenvalue weighted by Crippen LogP contribution is 2.55. The number of hydrogen-bond acceptors (Lipinski definition) is 3. The monoisotopic (exact) mass is 362 g/mol. The molecule has 2 aromatic heterocycles. The second-order valence-electron chi connectivity index (χ2n) is 8.11. The molecule has 1 nitrogen and oxygen atoms in total. The van der Waals surface area contributed by atoms with E-state index in [9.17, 15) is 0 Å². The standard InChI is InChI=1S/C21H30OS2/c1-13(2)7-9-21(10-8-14(3)4)17-11-15(5)23-19(17)20-18(22-21)12-16(6)24-20/h11-14H,7-10H2,1-6H3. The lowest BCUT2D eigenvalue weighted by Gasteiger charge is -2.39. The first-order chi connectivity index (χ1) is 11.3. The van der Waals surface area contributed by atoms with Crippen LogP contribution in [0.25, 0.3) is 9.75 Å². The minimum absolute atomic E-state index is 0.130. The summed E-state index contributed by atoms with van der Waals surface area (Å²) >= 11 is 3.83. The topological polar surface area (TPSA) is 9.23 Å². The number of ether oxygens (including phenoxy) is 1. The van der Waals surface area contributed by atoms with Crippen molar-refractivity contribution in [2.45, 2.75) is 72.8 Å². The zero-order valence-electron chi connectivity index (χ0n) is 15.9. The van der Waals surface area contributed by atoms with Crippen LogP contribution in [0, 0.1) is 25.7 Å². The Bertz CT molecular complexity index is 693. The molecule has 1 aliphatic heterocycles. The molecule has 132 valence electrons. The Morgan fingerprint density at radius 1 is 0.875 bits per heavy atom. The summed E-state index contributed by atoms with van der Waals surface area (Å²) in [5.74, 6) is 2.54. The van der Waals surface area contributed by atoms with Crippen molar-refractivity contribution in [3.8, 4) is 15.5 Å². The van der Waals surface area contributed by atoms with Gasteiger partial charge in [-0.15, -0.1) is 22.7 Å². The fraction of sp³-hybridized carbons (Fsp3) is 0.619. The van der Waals surface area contributed by atoms with Gasteiger partial charge in [0, 0.05) is 15.3 Å². The average Bonchev–Trinajstić information content (AvgIpc) is 3.05. The first-order valence-corrected chi connectivity index (χ1v) is 10.8. The summed E-state index contributed by atoms with van der Waals surface area (Å²) in [5, 5.41) is 0. The largest absolute Gasteiger partial charge is 0.481 e. The van der Waals surface area contributed by atoms with Gasteiger partial charge in [-0.3, -0.25) is 0 Å². The Morgan fingerprint density at radius 2 is 1.42 bits per heavy atom. The predicted molar refractivity (Wildman–Crippen MR) is 108 cm³/mol. The Hall–Kier alpha value is -0.800. The molecule has 1 aliphatic rings. The van der Waals surface area contributed by atoms with Crippen LogP contribution in [0.3, 0.4) is 0 Å². The van der Waals surface area contributed by atoms with E-state index in [0.29, 0.717) is 11.8 Å². The predicted octanol–water partition coefficient (Wildman–Crippen LogP) is 7.55. The van der Waals surface area contributed by atoms with Gasteiger partial charge >= 0.3 is 0 Å². The van der Waals surface area contributed by atoms with Gasteiger partial charge in [0.25, 0.3) is 0 Å². The minimum Gasteiger partial charge on any atom is -0.481 e. The van der Waals surface area contributed by atoms with Crippen LogP contribution in [-0.2, 0) is 5.60 Å². The van der Waals surface area contributed by atoms with Crippen molar-refractivity contribution >= 4 is 22.7 Å².